The van der Waals surface area contributed by atoms with Crippen LogP contribution >= 0.6 is 23.2 Å². The Kier molecular flexibility index (Phi) is 5.91. The van der Waals surface area contributed by atoms with Gasteiger partial charge < -0.3 is 25.7 Å². The van der Waals surface area contributed by atoms with E-state index in [4.69, 9.17) is 33.7 Å². The molecular weight excluding hydrogens is 367 g/mol. The van der Waals surface area contributed by atoms with Crippen molar-refractivity contribution in [3.8, 4) is 0 Å². The summed E-state index contributed by atoms with van der Waals surface area (Å²) in [4.78, 5) is 28.9. The van der Waals surface area contributed by atoms with Crippen molar-refractivity contribution in [2.45, 2.75) is 51.8 Å². The molecule has 2 atom stereocenters. The molecule has 1 aliphatic rings. The Morgan fingerprint density at radius 2 is 1.96 bits per heavy atom. The maximum absolute atomic E-state index is 12.4. The number of H-pyrrole nitrogens is 1. The number of ether oxygens (including phenoxy) is 1. The SMILES string of the molecule is Cc1[nH]c(C(=O)N[C@@H]2CCN(C(=O)OC(C)(C)C)C[C@@H]2N)c(Cl)c1Cl. The number of carbonyl (C=O) groups is 2. The second kappa shape index (κ2) is 7.43. The number of nitrogens with one attached hydrogen (secondary N) is 2. The highest BCUT2D eigenvalue weighted by atomic mass is 35.5. The van der Waals surface area contributed by atoms with E-state index < -0.39 is 17.7 Å². The minimum Gasteiger partial charge on any atom is -0.444 e. The number of amides is 2. The van der Waals surface area contributed by atoms with Gasteiger partial charge in [0, 0.05) is 30.9 Å². The molecule has 7 nitrogen and oxygen atoms in total. The number of hydrogen-bond donors (Lipinski definition) is 3. The van der Waals surface area contributed by atoms with Crippen molar-refractivity contribution in [2.24, 2.45) is 5.73 Å². The Balaban J connectivity index is 1.96. The van der Waals surface area contributed by atoms with Crippen LogP contribution in [0.2, 0.25) is 10.0 Å². The van der Waals surface area contributed by atoms with Gasteiger partial charge in [0.15, 0.2) is 0 Å². The summed E-state index contributed by atoms with van der Waals surface area (Å²) in [5.74, 6) is -0.369. The number of aryl methyl sites for hydroxylation is 1. The number of likely N-dealkylation sites (tertiary alicyclic amines) is 1. The summed E-state index contributed by atoms with van der Waals surface area (Å²) >= 11 is 12.1. The quantitative estimate of drug-likeness (QED) is 0.722. The maximum Gasteiger partial charge on any atom is 0.410 e. The lowest BCUT2D eigenvalue weighted by molar-refractivity contribution is 0.0179. The van der Waals surface area contributed by atoms with Crippen LogP contribution in [0.4, 0.5) is 4.79 Å². The van der Waals surface area contributed by atoms with Crippen molar-refractivity contribution >= 4 is 35.2 Å². The largest absolute Gasteiger partial charge is 0.444 e. The first-order chi connectivity index (χ1) is 11.5. The molecule has 0 aromatic carbocycles. The molecule has 0 spiro atoms. The monoisotopic (exact) mass is 390 g/mol. The highest BCUT2D eigenvalue weighted by Crippen LogP contribution is 2.29. The van der Waals surface area contributed by atoms with Crippen molar-refractivity contribution in [1.29, 1.82) is 0 Å². The van der Waals surface area contributed by atoms with Crippen LogP contribution < -0.4 is 11.1 Å². The molecule has 25 heavy (non-hydrogen) atoms. The second-order valence-corrected chi connectivity index (χ2v) is 7.97. The van der Waals surface area contributed by atoms with Crippen molar-refractivity contribution in [1.82, 2.24) is 15.2 Å². The van der Waals surface area contributed by atoms with Gasteiger partial charge >= 0.3 is 6.09 Å². The van der Waals surface area contributed by atoms with Gasteiger partial charge in [0.05, 0.1) is 10.0 Å². The summed E-state index contributed by atoms with van der Waals surface area (Å²) in [5, 5.41) is 3.38. The molecule has 2 amide bonds. The molecule has 140 valence electrons. The van der Waals surface area contributed by atoms with E-state index in [1.165, 1.54) is 0 Å². The van der Waals surface area contributed by atoms with Crippen LogP contribution in [-0.4, -0.2) is 52.7 Å². The minimum absolute atomic E-state index is 0.191. The predicted molar refractivity (Wildman–Crippen MR) is 97.2 cm³/mol. The number of halogens is 2. The zero-order valence-electron chi connectivity index (χ0n) is 14.8. The Hall–Kier alpha value is -1.44. The molecule has 1 fully saturated rings. The average Bonchev–Trinajstić information content (AvgIpc) is 2.75. The van der Waals surface area contributed by atoms with E-state index >= 15 is 0 Å². The Morgan fingerprint density at radius 1 is 1.32 bits per heavy atom. The van der Waals surface area contributed by atoms with Crippen LogP contribution in [0, 0.1) is 6.92 Å². The van der Waals surface area contributed by atoms with E-state index in [9.17, 15) is 9.59 Å². The molecule has 2 heterocycles. The lowest BCUT2D eigenvalue weighted by Crippen LogP contribution is -2.59. The highest BCUT2D eigenvalue weighted by molar-refractivity contribution is 6.44. The first-order valence-corrected chi connectivity index (χ1v) is 8.83. The van der Waals surface area contributed by atoms with Crippen LogP contribution in [0.25, 0.3) is 0 Å². The summed E-state index contributed by atoms with van der Waals surface area (Å²) in [7, 11) is 0. The molecule has 0 radical (unpaired) electrons. The number of aromatic nitrogens is 1. The molecule has 4 N–H and O–H groups in total. The van der Waals surface area contributed by atoms with Gasteiger partial charge in [-0.15, -0.1) is 0 Å². The van der Waals surface area contributed by atoms with Crippen LogP contribution in [0.15, 0.2) is 0 Å². The summed E-state index contributed by atoms with van der Waals surface area (Å²) in [6.07, 6.45) is 0.125. The highest BCUT2D eigenvalue weighted by Gasteiger charge is 2.33. The molecule has 1 aliphatic heterocycles. The van der Waals surface area contributed by atoms with Crippen LogP contribution in [0.3, 0.4) is 0 Å². The van der Waals surface area contributed by atoms with Crippen molar-refractivity contribution in [2.75, 3.05) is 13.1 Å². The first kappa shape index (κ1) is 19.9. The van der Waals surface area contributed by atoms with Gasteiger partial charge in [0.2, 0.25) is 0 Å². The molecule has 0 bridgehead atoms. The van der Waals surface area contributed by atoms with Gasteiger partial charge in [-0.3, -0.25) is 4.79 Å². The fourth-order valence-electron chi connectivity index (χ4n) is 2.62. The van der Waals surface area contributed by atoms with Crippen molar-refractivity contribution in [3.63, 3.8) is 0 Å². The lowest BCUT2D eigenvalue weighted by atomic mass is 10.00. The van der Waals surface area contributed by atoms with Gasteiger partial charge in [-0.1, -0.05) is 23.2 Å². The lowest BCUT2D eigenvalue weighted by Gasteiger charge is -2.37. The van der Waals surface area contributed by atoms with E-state index in [0.29, 0.717) is 30.2 Å². The van der Waals surface area contributed by atoms with Gasteiger partial charge in [-0.2, -0.15) is 0 Å². The third-order valence-corrected chi connectivity index (χ3v) is 4.85. The average molecular weight is 391 g/mol. The molecule has 2 rings (SSSR count). The van der Waals surface area contributed by atoms with Crippen molar-refractivity contribution < 1.29 is 14.3 Å². The van der Waals surface area contributed by atoms with E-state index in [1.54, 1.807) is 11.8 Å². The van der Waals surface area contributed by atoms with Gasteiger partial charge in [-0.05, 0) is 34.1 Å². The topological polar surface area (TPSA) is 100 Å². The van der Waals surface area contributed by atoms with E-state index in [0.717, 1.165) is 0 Å². The minimum atomic E-state index is -0.562. The Bertz CT molecular complexity index is 669. The fraction of sp³-hybridized carbons (Fsp3) is 0.625. The Morgan fingerprint density at radius 3 is 2.44 bits per heavy atom. The van der Waals surface area contributed by atoms with E-state index in [-0.39, 0.29) is 22.7 Å². The third-order valence-electron chi connectivity index (χ3n) is 3.91. The van der Waals surface area contributed by atoms with Gasteiger partial charge in [0.1, 0.15) is 11.3 Å². The smallest absolute Gasteiger partial charge is 0.410 e. The number of nitrogens with zero attached hydrogens (tertiary/aromatic N) is 1. The molecular formula is C16H24Cl2N4O3. The zero-order chi connectivity index (χ0) is 18.9. The second-order valence-electron chi connectivity index (χ2n) is 7.21. The van der Waals surface area contributed by atoms with Crippen molar-refractivity contribution in [3.05, 3.63) is 21.4 Å². The van der Waals surface area contributed by atoms with Crippen LogP contribution in [0.1, 0.15) is 43.4 Å². The van der Waals surface area contributed by atoms with E-state index in [1.807, 2.05) is 20.8 Å². The molecule has 1 saturated heterocycles. The summed E-state index contributed by atoms with van der Waals surface area (Å²) in [6, 6.07) is -0.680. The zero-order valence-corrected chi connectivity index (χ0v) is 16.3. The number of rotatable bonds is 2. The number of hydrogen-bond acceptors (Lipinski definition) is 4. The van der Waals surface area contributed by atoms with Crippen LogP contribution in [0.5, 0.6) is 0 Å². The van der Waals surface area contributed by atoms with E-state index in [2.05, 4.69) is 10.3 Å². The number of piperidine rings is 1. The normalized spacial score (nSPS) is 21.2. The van der Waals surface area contributed by atoms with Crippen LogP contribution in [-0.2, 0) is 4.74 Å². The number of carbonyl (C=O) groups excluding carboxylic acids is 2. The summed E-state index contributed by atoms with van der Waals surface area (Å²) in [5.41, 5.74) is 6.41. The summed E-state index contributed by atoms with van der Waals surface area (Å²) in [6.45, 7) is 7.92. The maximum atomic E-state index is 12.4. The molecule has 9 heteroatoms. The third kappa shape index (κ3) is 4.80. The summed E-state index contributed by atoms with van der Waals surface area (Å²) < 4.78 is 5.35. The standard InChI is InChI=1S/C16H24Cl2N4O3/c1-8-11(17)12(18)13(20-8)14(23)21-10-5-6-22(7-9(10)19)15(24)25-16(2,3)4/h9-10,20H,5-7,19H2,1-4H3,(H,21,23)/t9-,10+/m0/s1. The van der Waals surface area contributed by atoms with Gasteiger partial charge in [-0.25, -0.2) is 4.79 Å². The van der Waals surface area contributed by atoms with Gasteiger partial charge in [0.25, 0.3) is 5.91 Å². The predicted octanol–water partition coefficient (Wildman–Crippen LogP) is 2.70. The molecule has 0 aliphatic carbocycles. The Labute approximate surface area is 157 Å². The molecule has 1 aromatic heterocycles. The first-order valence-electron chi connectivity index (χ1n) is 8.07. The number of aromatic amines is 1. The number of nitrogens with two attached hydrogens (primary N) is 1. The molecule has 0 saturated carbocycles. The molecule has 0 unspecified atom stereocenters. The fourth-order valence-corrected chi connectivity index (χ4v) is 3.04. The molecule has 1 aromatic rings.